The Hall–Kier alpha value is -3.69. The number of nitrogens with zero attached hydrogens (tertiary/aromatic N) is 1. The number of carbonyl (C=O) groups is 3. The minimum Gasteiger partial charge on any atom is -0.490 e. The fourth-order valence-electron chi connectivity index (χ4n) is 3.51. The Morgan fingerprint density at radius 3 is 2.56 bits per heavy atom. The van der Waals surface area contributed by atoms with Crippen molar-refractivity contribution in [1.82, 2.24) is 5.32 Å². The molecule has 0 spiro atoms. The van der Waals surface area contributed by atoms with Crippen molar-refractivity contribution in [2.45, 2.75) is 13.5 Å². The van der Waals surface area contributed by atoms with Crippen LogP contribution in [0.2, 0.25) is 5.02 Å². The van der Waals surface area contributed by atoms with Gasteiger partial charge in [0, 0.05) is 10.6 Å². The van der Waals surface area contributed by atoms with Gasteiger partial charge < -0.3 is 9.47 Å². The zero-order valence-corrected chi connectivity index (χ0v) is 21.2. The summed E-state index contributed by atoms with van der Waals surface area (Å²) in [6.45, 7) is 2.05. The molecular formula is C26H19BrClFN2O5. The van der Waals surface area contributed by atoms with Gasteiger partial charge in [0.05, 0.1) is 16.8 Å². The normalized spacial score (nSPS) is 14.7. The maximum absolute atomic E-state index is 14.0. The molecule has 0 saturated carbocycles. The Morgan fingerprint density at radius 2 is 1.83 bits per heavy atom. The van der Waals surface area contributed by atoms with Gasteiger partial charge in [-0.05, 0) is 70.9 Å². The van der Waals surface area contributed by atoms with Crippen LogP contribution in [-0.4, -0.2) is 24.5 Å². The molecule has 10 heteroatoms. The van der Waals surface area contributed by atoms with Gasteiger partial charge in [-0.1, -0.05) is 35.9 Å². The summed E-state index contributed by atoms with van der Waals surface area (Å²) in [5.41, 5.74) is 0.760. The van der Waals surface area contributed by atoms with Crippen LogP contribution in [0, 0.1) is 5.82 Å². The van der Waals surface area contributed by atoms with E-state index in [4.69, 9.17) is 21.1 Å². The first kappa shape index (κ1) is 25.4. The number of imide groups is 2. The molecule has 7 nitrogen and oxygen atoms in total. The largest absolute Gasteiger partial charge is 0.490 e. The number of urea groups is 1. The van der Waals surface area contributed by atoms with Crippen LogP contribution in [0.1, 0.15) is 18.1 Å². The number of amides is 4. The molecule has 4 amide bonds. The van der Waals surface area contributed by atoms with Gasteiger partial charge in [0.25, 0.3) is 11.8 Å². The van der Waals surface area contributed by atoms with Gasteiger partial charge in [-0.25, -0.2) is 14.1 Å². The highest BCUT2D eigenvalue weighted by Crippen LogP contribution is 2.38. The molecule has 3 aromatic rings. The molecule has 1 fully saturated rings. The highest BCUT2D eigenvalue weighted by Gasteiger charge is 2.37. The Morgan fingerprint density at radius 1 is 1.06 bits per heavy atom. The van der Waals surface area contributed by atoms with Gasteiger partial charge in [-0.2, -0.15) is 0 Å². The van der Waals surface area contributed by atoms with Crippen LogP contribution in [0.15, 0.2) is 70.7 Å². The molecule has 36 heavy (non-hydrogen) atoms. The fourth-order valence-corrected chi connectivity index (χ4v) is 4.27. The lowest BCUT2D eigenvalue weighted by Gasteiger charge is -2.26. The third kappa shape index (κ3) is 5.42. The smallest absolute Gasteiger partial charge is 0.335 e. The number of nitrogens with one attached hydrogen (secondary N) is 1. The lowest BCUT2D eigenvalue weighted by atomic mass is 10.1. The van der Waals surface area contributed by atoms with Gasteiger partial charge in [0.15, 0.2) is 11.5 Å². The molecule has 4 rings (SSSR count). The van der Waals surface area contributed by atoms with Crippen LogP contribution in [0.3, 0.4) is 0 Å². The highest BCUT2D eigenvalue weighted by atomic mass is 79.9. The van der Waals surface area contributed by atoms with Crippen molar-refractivity contribution < 1.29 is 28.2 Å². The lowest BCUT2D eigenvalue weighted by molar-refractivity contribution is -0.122. The van der Waals surface area contributed by atoms with Gasteiger partial charge in [-0.15, -0.1) is 0 Å². The van der Waals surface area contributed by atoms with E-state index in [0.29, 0.717) is 38.7 Å². The molecule has 1 N–H and O–H groups in total. The highest BCUT2D eigenvalue weighted by molar-refractivity contribution is 9.10. The minimum absolute atomic E-state index is 0.0383. The second-order valence-corrected chi connectivity index (χ2v) is 8.87. The Kier molecular flexibility index (Phi) is 7.71. The monoisotopic (exact) mass is 572 g/mol. The predicted molar refractivity (Wildman–Crippen MR) is 136 cm³/mol. The summed E-state index contributed by atoms with van der Waals surface area (Å²) >= 11 is 9.43. The first-order valence-electron chi connectivity index (χ1n) is 10.8. The van der Waals surface area contributed by atoms with E-state index in [0.717, 1.165) is 4.90 Å². The number of halogens is 3. The van der Waals surface area contributed by atoms with Crippen molar-refractivity contribution in [3.63, 3.8) is 0 Å². The molecular weight excluding hydrogens is 555 g/mol. The summed E-state index contributed by atoms with van der Waals surface area (Å²) in [5, 5.41) is 2.50. The van der Waals surface area contributed by atoms with E-state index < -0.39 is 23.7 Å². The SMILES string of the molecule is CCOc1cc(/C=C2\C(=O)NC(=O)N(c3cccc(Cl)c3)C2=O)cc(Br)c1OCc1ccccc1F. The molecule has 0 atom stereocenters. The summed E-state index contributed by atoms with van der Waals surface area (Å²) in [7, 11) is 0. The number of barbiturate groups is 1. The number of hydrogen-bond acceptors (Lipinski definition) is 5. The van der Waals surface area contributed by atoms with Crippen molar-refractivity contribution in [3.05, 3.63) is 92.7 Å². The van der Waals surface area contributed by atoms with Gasteiger partial charge in [-0.3, -0.25) is 14.9 Å². The van der Waals surface area contributed by atoms with Crippen molar-refractivity contribution in [2.75, 3.05) is 11.5 Å². The molecule has 0 aromatic heterocycles. The number of rotatable bonds is 7. The van der Waals surface area contributed by atoms with Crippen LogP contribution < -0.4 is 19.7 Å². The number of benzene rings is 3. The molecule has 0 unspecified atom stereocenters. The maximum atomic E-state index is 14.0. The average molecular weight is 574 g/mol. The molecule has 184 valence electrons. The number of anilines is 1. The summed E-state index contributed by atoms with van der Waals surface area (Å²) in [5.74, 6) is -1.38. The molecule has 1 heterocycles. The van der Waals surface area contributed by atoms with Crippen LogP contribution in [0.4, 0.5) is 14.9 Å². The third-order valence-corrected chi connectivity index (χ3v) is 5.96. The number of hydrogen-bond donors (Lipinski definition) is 1. The molecule has 1 saturated heterocycles. The van der Waals surface area contributed by atoms with Gasteiger partial charge in [0.2, 0.25) is 0 Å². The zero-order chi connectivity index (χ0) is 25.8. The van der Waals surface area contributed by atoms with E-state index in [9.17, 15) is 18.8 Å². The quantitative estimate of drug-likeness (QED) is 0.282. The van der Waals surface area contributed by atoms with E-state index >= 15 is 0 Å². The van der Waals surface area contributed by atoms with Gasteiger partial charge in [0.1, 0.15) is 18.0 Å². The molecule has 3 aromatic carbocycles. The fraction of sp³-hybridized carbons (Fsp3) is 0.115. The summed E-state index contributed by atoms with van der Waals surface area (Å²) in [4.78, 5) is 38.9. The molecule has 0 bridgehead atoms. The number of carbonyl (C=O) groups excluding carboxylic acids is 3. The van der Waals surface area contributed by atoms with Crippen molar-refractivity contribution in [2.24, 2.45) is 0 Å². The number of ether oxygens (including phenoxy) is 2. The van der Waals surface area contributed by atoms with E-state index in [1.807, 2.05) is 0 Å². The maximum Gasteiger partial charge on any atom is 0.335 e. The standard InChI is InChI=1S/C26H19BrClFN2O5/c1-2-35-22-12-15(11-20(27)23(22)36-14-16-6-3-4-9-21(16)29)10-19-24(32)30-26(34)31(25(19)33)18-8-5-7-17(28)13-18/h3-13H,2,14H2,1H3,(H,30,32,34)/b19-10+. The Bertz CT molecular complexity index is 1390. The van der Waals surface area contributed by atoms with E-state index in [1.165, 1.54) is 24.3 Å². The van der Waals surface area contributed by atoms with Crippen LogP contribution in [0.5, 0.6) is 11.5 Å². The summed E-state index contributed by atoms with van der Waals surface area (Å²) < 4.78 is 26.0. The lowest BCUT2D eigenvalue weighted by Crippen LogP contribution is -2.54. The van der Waals surface area contributed by atoms with Crippen molar-refractivity contribution >= 4 is 57.1 Å². The summed E-state index contributed by atoms with van der Waals surface area (Å²) in [6, 6.07) is 14.7. The van der Waals surface area contributed by atoms with Crippen LogP contribution >= 0.6 is 27.5 Å². The molecule has 0 aliphatic carbocycles. The second kappa shape index (κ2) is 10.9. The Balaban J connectivity index is 1.67. The molecule has 1 aliphatic heterocycles. The third-order valence-electron chi connectivity index (χ3n) is 5.14. The zero-order valence-electron chi connectivity index (χ0n) is 18.9. The van der Waals surface area contributed by atoms with E-state index in [2.05, 4.69) is 21.2 Å². The first-order valence-corrected chi connectivity index (χ1v) is 11.9. The Labute approximate surface area is 219 Å². The van der Waals surface area contributed by atoms with E-state index in [1.54, 1.807) is 49.4 Å². The van der Waals surface area contributed by atoms with Crippen molar-refractivity contribution in [3.8, 4) is 11.5 Å². The summed E-state index contributed by atoms with van der Waals surface area (Å²) in [6.07, 6.45) is 1.34. The predicted octanol–water partition coefficient (Wildman–Crippen LogP) is 5.89. The average Bonchev–Trinajstić information content (AvgIpc) is 2.82. The van der Waals surface area contributed by atoms with Crippen molar-refractivity contribution in [1.29, 1.82) is 0 Å². The second-order valence-electron chi connectivity index (χ2n) is 7.58. The molecule has 0 radical (unpaired) electrons. The van der Waals surface area contributed by atoms with E-state index in [-0.39, 0.29) is 17.9 Å². The van der Waals surface area contributed by atoms with Gasteiger partial charge >= 0.3 is 6.03 Å². The molecule has 1 aliphatic rings. The first-order chi connectivity index (χ1) is 17.3. The van der Waals surface area contributed by atoms with Crippen LogP contribution in [0.25, 0.3) is 6.08 Å². The minimum atomic E-state index is -0.877. The topological polar surface area (TPSA) is 84.9 Å². The van der Waals surface area contributed by atoms with Crippen LogP contribution in [-0.2, 0) is 16.2 Å².